The van der Waals surface area contributed by atoms with Crippen molar-refractivity contribution in [1.82, 2.24) is 4.90 Å². The molecule has 0 saturated heterocycles. The van der Waals surface area contributed by atoms with Crippen molar-refractivity contribution in [2.24, 2.45) is 0 Å². The molecule has 0 unspecified atom stereocenters. The summed E-state index contributed by atoms with van der Waals surface area (Å²) in [6, 6.07) is 13.2. The molecule has 38 heavy (non-hydrogen) atoms. The van der Waals surface area contributed by atoms with Crippen molar-refractivity contribution in [3.63, 3.8) is 0 Å². The number of amides is 1. The van der Waals surface area contributed by atoms with Crippen LogP contribution < -0.4 is 15.4 Å². The predicted octanol–water partition coefficient (Wildman–Crippen LogP) is 5.24. The molecular formula is C26H30N4O5S3. The van der Waals surface area contributed by atoms with E-state index in [9.17, 15) is 18.0 Å². The van der Waals surface area contributed by atoms with E-state index >= 15 is 0 Å². The number of esters is 1. The number of thiocarbonyl (C=S) groups is 1. The lowest BCUT2D eigenvalue weighted by Gasteiger charge is -2.18. The van der Waals surface area contributed by atoms with Crippen LogP contribution in [0.4, 0.5) is 16.4 Å². The molecule has 0 aliphatic rings. The van der Waals surface area contributed by atoms with Crippen LogP contribution in [0.2, 0.25) is 0 Å². The highest BCUT2D eigenvalue weighted by Gasteiger charge is 2.27. The van der Waals surface area contributed by atoms with E-state index in [1.54, 1.807) is 36.1 Å². The standard InChI is InChI=1S/C26H30N4O5S3/c1-6-30(7-2)24(31)22-17(4)21(25(32)35-5)23(37-22)28-26(36)27-18-12-14-19(15-13-18)38(33,34)29-20-11-9-8-10-16(20)3/h8-15,29H,6-7H2,1-5H3,(H2,27,28,36). The Balaban J connectivity index is 1.78. The van der Waals surface area contributed by atoms with Crippen LogP contribution in [0.15, 0.2) is 53.4 Å². The quantitative estimate of drug-likeness (QED) is 0.235. The van der Waals surface area contributed by atoms with Crippen LogP contribution in [0.5, 0.6) is 0 Å². The van der Waals surface area contributed by atoms with Crippen molar-refractivity contribution in [2.45, 2.75) is 32.6 Å². The zero-order valence-electron chi connectivity index (χ0n) is 21.7. The molecule has 0 atom stereocenters. The molecule has 0 bridgehead atoms. The zero-order chi connectivity index (χ0) is 28.0. The van der Waals surface area contributed by atoms with Crippen molar-refractivity contribution in [3.05, 3.63) is 70.1 Å². The molecule has 0 aliphatic carbocycles. The topological polar surface area (TPSA) is 117 Å². The van der Waals surface area contributed by atoms with Crippen molar-refractivity contribution in [2.75, 3.05) is 35.6 Å². The van der Waals surface area contributed by atoms with Crippen LogP contribution in [0.3, 0.4) is 0 Å². The normalized spacial score (nSPS) is 11.0. The number of ether oxygens (including phenoxy) is 1. The molecule has 3 rings (SSSR count). The number of para-hydroxylation sites is 1. The molecule has 3 N–H and O–H groups in total. The summed E-state index contributed by atoms with van der Waals surface area (Å²) in [6.07, 6.45) is 0. The molecular weight excluding hydrogens is 545 g/mol. The van der Waals surface area contributed by atoms with Gasteiger partial charge < -0.3 is 20.3 Å². The van der Waals surface area contributed by atoms with Gasteiger partial charge in [0.1, 0.15) is 5.00 Å². The number of carbonyl (C=O) groups is 2. The van der Waals surface area contributed by atoms with E-state index in [0.717, 1.165) is 16.9 Å². The maximum atomic E-state index is 13.0. The fourth-order valence-electron chi connectivity index (χ4n) is 3.68. The van der Waals surface area contributed by atoms with Crippen molar-refractivity contribution >= 4 is 66.9 Å². The number of thiophene rings is 1. The fourth-order valence-corrected chi connectivity index (χ4v) is 6.26. The first-order valence-corrected chi connectivity index (χ1v) is 14.5. The minimum absolute atomic E-state index is 0.0894. The summed E-state index contributed by atoms with van der Waals surface area (Å²) in [5, 5.41) is 6.50. The van der Waals surface area contributed by atoms with Crippen molar-refractivity contribution < 1.29 is 22.7 Å². The SMILES string of the molecule is CCN(CC)C(=O)c1sc(NC(=S)Nc2ccc(S(=O)(=O)Nc3ccccc3C)cc2)c(C(=O)OC)c1C. The van der Waals surface area contributed by atoms with E-state index in [-0.39, 0.29) is 21.5 Å². The van der Waals surface area contributed by atoms with Gasteiger partial charge >= 0.3 is 5.97 Å². The van der Waals surface area contributed by atoms with Gasteiger partial charge in [0.25, 0.3) is 15.9 Å². The summed E-state index contributed by atoms with van der Waals surface area (Å²) in [5.74, 6) is -0.760. The Kier molecular flexibility index (Phi) is 9.47. The minimum Gasteiger partial charge on any atom is -0.465 e. The molecule has 2 aromatic carbocycles. The Labute approximate surface area is 232 Å². The second-order valence-electron chi connectivity index (χ2n) is 8.25. The third kappa shape index (κ3) is 6.50. The van der Waals surface area contributed by atoms with Gasteiger partial charge in [-0.25, -0.2) is 13.2 Å². The van der Waals surface area contributed by atoms with Gasteiger partial charge in [-0.05, 0) is 81.4 Å². The van der Waals surface area contributed by atoms with Crippen LogP contribution in [0.1, 0.15) is 45.0 Å². The van der Waals surface area contributed by atoms with Crippen molar-refractivity contribution in [3.8, 4) is 0 Å². The molecule has 0 aliphatic heterocycles. The number of anilines is 3. The van der Waals surface area contributed by atoms with Crippen LogP contribution in [-0.2, 0) is 14.8 Å². The van der Waals surface area contributed by atoms with Gasteiger partial charge in [0.05, 0.1) is 28.1 Å². The molecule has 12 heteroatoms. The van der Waals surface area contributed by atoms with E-state index in [2.05, 4.69) is 15.4 Å². The van der Waals surface area contributed by atoms with Gasteiger partial charge in [0.15, 0.2) is 5.11 Å². The van der Waals surface area contributed by atoms with E-state index in [0.29, 0.717) is 39.9 Å². The zero-order valence-corrected chi connectivity index (χ0v) is 24.2. The highest BCUT2D eigenvalue weighted by atomic mass is 32.2. The summed E-state index contributed by atoms with van der Waals surface area (Å²) >= 11 is 6.56. The molecule has 3 aromatic rings. The molecule has 1 amide bonds. The van der Waals surface area contributed by atoms with Gasteiger partial charge in [-0.2, -0.15) is 0 Å². The fraction of sp³-hybridized carbons (Fsp3) is 0.269. The number of carbonyl (C=O) groups excluding carboxylic acids is 2. The Hall–Kier alpha value is -3.48. The second-order valence-corrected chi connectivity index (χ2v) is 11.4. The summed E-state index contributed by atoms with van der Waals surface area (Å²) in [6.45, 7) is 8.37. The molecule has 0 fully saturated rings. The summed E-state index contributed by atoms with van der Waals surface area (Å²) < 4.78 is 33.1. The smallest absolute Gasteiger partial charge is 0.341 e. The first kappa shape index (κ1) is 29.1. The van der Waals surface area contributed by atoms with Crippen LogP contribution in [-0.4, -0.2) is 50.5 Å². The summed E-state index contributed by atoms with van der Waals surface area (Å²) in [5.41, 5.74) is 2.60. The average molecular weight is 575 g/mol. The van der Waals surface area contributed by atoms with E-state index < -0.39 is 16.0 Å². The number of nitrogens with zero attached hydrogens (tertiary/aromatic N) is 1. The Morgan fingerprint density at radius 2 is 1.63 bits per heavy atom. The van der Waals surface area contributed by atoms with Gasteiger partial charge in [-0.1, -0.05) is 18.2 Å². The van der Waals surface area contributed by atoms with Crippen LogP contribution >= 0.6 is 23.6 Å². The third-order valence-electron chi connectivity index (χ3n) is 5.82. The van der Waals surface area contributed by atoms with E-state index in [1.807, 2.05) is 32.9 Å². The molecule has 1 heterocycles. The number of hydrogen-bond acceptors (Lipinski definition) is 7. The Morgan fingerprint density at radius 1 is 1.00 bits per heavy atom. The molecule has 202 valence electrons. The molecule has 0 radical (unpaired) electrons. The van der Waals surface area contributed by atoms with E-state index in [4.69, 9.17) is 17.0 Å². The highest BCUT2D eigenvalue weighted by Crippen LogP contribution is 2.35. The monoisotopic (exact) mass is 574 g/mol. The van der Waals surface area contributed by atoms with Gasteiger partial charge in [0.2, 0.25) is 0 Å². The number of aryl methyl sites for hydroxylation is 1. The van der Waals surface area contributed by atoms with Gasteiger partial charge in [0, 0.05) is 18.8 Å². The van der Waals surface area contributed by atoms with Crippen LogP contribution in [0.25, 0.3) is 0 Å². The second kappa shape index (κ2) is 12.4. The maximum Gasteiger partial charge on any atom is 0.341 e. The Morgan fingerprint density at radius 3 is 2.21 bits per heavy atom. The van der Waals surface area contributed by atoms with E-state index in [1.165, 1.54) is 19.2 Å². The van der Waals surface area contributed by atoms with Gasteiger partial charge in [-0.3, -0.25) is 9.52 Å². The first-order valence-electron chi connectivity index (χ1n) is 11.8. The van der Waals surface area contributed by atoms with Crippen molar-refractivity contribution in [1.29, 1.82) is 0 Å². The molecule has 0 spiro atoms. The lowest BCUT2D eigenvalue weighted by molar-refractivity contribution is 0.0601. The number of rotatable bonds is 9. The number of benzene rings is 2. The molecule has 9 nitrogen and oxygen atoms in total. The number of hydrogen-bond donors (Lipinski definition) is 3. The lowest BCUT2D eigenvalue weighted by Crippen LogP contribution is -2.30. The maximum absolute atomic E-state index is 13.0. The predicted molar refractivity (Wildman–Crippen MR) is 156 cm³/mol. The first-order chi connectivity index (χ1) is 18.0. The summed E-state index contributed by atoms with van der Waals surface area (Å²) in [4.78, 5) is 27.7. The number of methoxy groups -OCH3 is 1. The summed E-state index contributed by atoms with van der Waals surface area (Å²) in [7, 11) is -2.51. The molecule has 0 saturated carbocycles. The van der Waals surface area contributed by atoms with Gasteiger partial charge in [-0.15, -0.1) is 11.3 Å². The highest BCUT2D eigenvalue weighted by molar-refractivity contribution is 7.92. The molecule has 1 aromatic heterocycles. The third-order valence-corrected chi connectivity index (χ3v) is 8.60. The minimum atomic E-state index is -3.78. The van der Waals surface area contributed by atoms with Crippen LogP contribution in [0, 0.1) is 13.8 Å². The number of sulfonamides is 1. The average Bonchev–Trinajstić information content (AvgIpc) is 3.21. The number of nitrogens with one attached hydrogen (secondary N) is 3. The Bertz CT molecular complexity index is 1450. The lowest BCUT2D eigenvalue weighted by atomic mass is 10.1. The largest absolute Gasteiger partial charge is 0.465 e.